The van der Waals surface area contributed by atoms with Crippen LogP contribution in [0.3, 0.4) is 0 Å². The first-order chi connectivity index (χ1) is 14.9. The van der Waals surface area contributed by atoms with E-state index in [1.54, 1.807) is 43.4 Å². The predicted molar refractivity (Wildman–Crippen MR) is 120 cm³/mol. The van der Waals surface area contributed by atoms with E-state index in [2.05, 4.69) is 0 Å². The van der Waals surface area contributed by atoms with Crippen molar-refractivity contribution in [1.29, 1.82) is 0 Å². The minimum atomic E-state index is -0.624. The average Bonchev–Trinajstić information content (AvgIpc) is 3.19. The van der Waals surface area contributed by atoms with Gasteiger partial charge in [0.2, 0.25) is 0 Å². The van der Waals surface area contributed by atoms with E-state index in [-0.39, 0.29) is 17.5 Å². The van der Waals surface area contributed by atoms with E-state index >= 15 is 0 Å². The predicted octanol–water partition coefficient (Wildman–Crippen LogP) is 5.11. The smallest absolute Gasteiger partial charge is 0.253 e. The molecule has 1 atom stereocenters. The van der Waals surface area contributed by atoms with Crippen LogP contribution >= 0.6 is 11.6 Å². The molecule has 0 radical (unpaired) electrons. The van der Waals surface area contributed by atoms with E-state index in [1.165, 1.54) is 29.2 Å². The number of benzene rings is 3. The van der Waals surface area contributed by atoms with Crippen molar-refractivity contribution in [1.82, 2.24) is 0 Å². The summed E-state index contributed by atoms with van der Waals surface area (Å²) in [5.41, 5.74) is 2.34. The second kappa shape index (κ2) is 8.86. The van der Waals surface area contributed by atoms with Crippen LogP contribution in [0, 0.1) is 11.6 Å². The van der Waals surface area contributed by atoms with Crippen LogP contribution in [0.1, 0.15) is 5.56 Å². The Balaban J connectivity index is 1.61. The highest BCUT2D eigenvalue weighted by molar-refractivity contribution is 6.30. The number of rotatable bonds is 5. The SMILES string of the molecule is CN(C(=O)C1CN(c2ccc(Cl)cc2)C(Cc2ccc(F)cc2)=N1)c1ccc(F)cc1. The lowest BCUT2D eigenvalue weighted by molar-refractivity contribution is -0.119. The Kier molecular flexibility index (Phi) is 6.00. The quantitative estimate of drug-likeness (QED) is 0.553. The first-order valence-corrected chi connectivity index (χ1v) is 10.2. The number of halogens is 3. The van der Waals surface area contributed by atoms with Crippen LogP contribution in [0.4, 0.5) is 20.2 Å². The van der Waals surface area contributed by atoms with Gasteiger partial charge in [-0.25, -0.2) is 8.78 Å². The van der Waals surface area contributed by atoms with Gasteiger partial charge in [0.25, 0.3) is 5.91 Å². The zero-order valence-electron chi connectivity index (χ0n) is 16.8. The van der Waals surface area contributed by atoms with E-state index in [0.29, 0.717) is 29.5 Å². The summed E-state index contributed by atoms with van der Waals surface area (Å²) in [6, 6.07) is 18.7. The van der Waals surface area contributed by atoms with Crippen LogP contribution < -0.4 is 9.80 Å². The third kappa shape index (κ3) is 4.75. The van der Waals surface area contributed by atoms with Gasteiger partial charge in [0.15, 0.2) is 0 Å². The molecule has 3 aromatic rings. The Hall–Kier alpha value is -3.25. The number of hydrogen-bond donors (Lipinski definition) is 0. The fourth-order valence-electron chi connectivity index (χ4n) is 3.52. The van der Waals surface area contributed by atoms with Crippen molar-refractivity contribution in [2.75, 3.05) is 23.4 Å². The van der Waals surface area contributed by atoms with Crippen molar-refractivity contribution in [3.63, 3.8) is 0 Å². The zero-order valence-corrected chi connectivity index (χ0v) is 17.6. The molecule has 0 aromatic heterocycles. The number of amidine groups is 1. The van der Waals surface area contributed by atoms with Gasteiger partial charge < -0.3 is 9.80 Å². The largest absolute Gasteiger partial charge is 0.327 e. The van der Waals surface area contributed by atoms with E-state index < -0.39 is 6.04 Å². The molecule has 1 aliphatic rings. The molecule has 0 aliphatic carbocycles. The molecule has 0 spiro atoms. The minimum Gasteiger partial charge on any atom is -0.327 e. The Morgan fingerprint density at radius 3 is 2.19 bits per heavy atom. The third-order valence-corrected chi connectivity index (χ3v) is 5.47. The van der Waals surface area contributed by atoms with Gasteiger partial charge in [-0.3, -0.25) is 9.79 Å². The molecule has 31 heavy (non-hydrogen) atoms. The molecule has 158 valence electrons. The highest BCUT2D eigenvalue weighted by Gasteiger charge is 2.33. The van der Waals surface area contributed by atoms with E-state index in [9.17, 15) is 13.6 Å². The van der Waals surface area contributed by atoms with E-state index in [1.807, 2.05) is 17.0 Å². The van der Waals surface area contributed by atoms with Crippen LogP contribution in [0.15, 0.2) is 77.8 Å². The maximum atomic E-state index is 13.3. The molecule has 3 aromatic carbocycles. The maximum absolute atomic E-state index is 13.3. The van der Waals surface area contributed by atoms with E-state index in [4.69, 9.17) is 16.6 Å². The molecule has 1 aliphatic heterocycles. The van der Waals surface area contributed by atoms with Crippen LogP contribution in [0.25, 0.3) is 0 Å². The van der Waals surface area contributed by atoms with Crippen LogP contribution in [-0.4, -0.2) is 31.4 Å². The number of hydrogen-bond acceptors (Lipinski definition) is 3. The third-order valence-electron chi connectivity index (χ3n) is 5.22. The highest BCUT2D eigenvalue weighted by Crippen LogP contribution is 2.26. The zero-order chi connectivity index (χ0) is 22.0. The summed E-state index contributed by atoms with van der Waals surface area (Å²) >= 11 is 6.03. The Morgan fingerprint density at radius 2 is 1.58 bits per heavy atom. The molecule has 0 bridgehead atoms. The van der Waals surface area contributed by atoms with Gasteiger partial charge in [-0.2, -0.15) is 0 Å². The number of amides is 1. The van der Waals surface area contributed by atoms with Crippen molar-refractivity contribution in [2.45, 2.75) is 12.5 Å². The summed E-state index contributed by atoms with van der Waals surface area (Å²) in [6.45, 7) is 0.364. The van der Waals surface area contributed by atoms with Crippen molar-refractivity contribution >= 4 is 34.7 Å². The lowest BCUT2D eigenvalue weighted by Gasteiger charge is -2.23. The molecule has 0 N–H and O–H groups in total. The normalized spacial score (nSPS) is 15.7. The first kappa shape index (κ1) is 21.0. The molecule has 4 rings (SSSR count). The van der Waals surface area contributed by atoms with Gasteiger partial charge in [-0.15, -0.1) is 0 Å². The summed E-state index contributed by atoms with van der Waals surface area (Å²) in [4.78, 5) is 21.3. The molecule has 7 heteroatoms. The minimum absolute atomic E-state index is 0.195. The topological polar surface area (TPSA) is 35.9 Å². The van der Waals surface area contributed by atoms with Gasteiger partial charge in [0.05, 0.1) is 6.54 Å². The second-order valence-electron chi connectivity index (χ2n) is 7.33. The van der Waals surface area contributed by atoms with Crippen molar-refractivity contribution in [2.24, 2.45) is 4.99 Å². The number of anilines is 2. The average molecular weight is 440 g/mol. The Morgan fingerprint density at radius 1 is 1.00 bits per heavy atom. The molecular formula is C24H20ClF2N3O. The number of aliphatic imine (C=N–C) groups is 1. The van der Waals surface area contributed by atoms with Crippen LogP contribution in [0.5, 0.6) is 0 Å². The highest BCUT2D eigenvalue weighted by atomic mass is 35.5. The van der Waals surface area contributed by atoms with Gasteiger partial charge in [-0.1, -0.05) is 23.7 Å². The van der Waals surface area contributed by atoms with Gasteiger partial charge >= 0.3 is 0 Å². The number of carbonyl (C=O) groups is 1. The molecule has 1 unspecified atom stereocenters. The van der Waals surface area contributed by atoms with Crippen molar-refractivity contribution < 1.29 is 13.6 Å². The van der Waals surface area contributed by atoms with Gasteiger partial charge in [0.1, 0.15) is 23.5 Å². The first-order valence-electron chi connectivity index (χ1n) is 9.78. The van der Waals surface area contributed by atoms with Crippen LogP contribution in [0.2, 0.25) is 5.02 Å². The molecule has 0 fully saturated rings. The summed E-state index contributed by atoms with van der Waals surface area (Å²) in [7, 11) is 1.65. The molecule has 0 saturated heterocycles. The standard InChI is InChI=1S/C24H20ClF2N3O/c1-29(20-12-8-19(27)9-13-20)24(31)22-15-30(21-10-4-17(25)5-11-21)23(28-22)14-16-2-6-18(26)7-3-16/h2-13,22H,14-15H2,1H3. The number of likely N-dealkylation sites (N-methyl/N-ethyl adjacent to an activating group) is 1. The molecule has 0 saturated carbocycles. The molecule has 1 amide bonds. The number of carbonyl (C=O) groups excluding carboxylic acids is 1. The van der Waals surface area contributed by atoms with Crippen LogP contribution in [-0.2, 0) is 11.2 Å². The Labute approximate surface area is 184 Å². The van der Waals surface area contributed by atoms with Crippen molar-refractivity contribution in [3.05, 3.63) is 95.0 Å². The maximum Gasteiger partial charge on any atom is 0.253 e. The van der Waals surface area contributed by atoms with Gasteiger partial charge in [-0.05, 0) is 66.2 Å². The van der Waals surface area contributed by atoms with Crippen molar-refractivity contribution in [3.8, 4) is 0 Å². The lowest BCUT2D eigenvalue weighted by Crippen LogP contribution is -2.39. The molecular weight excluding hydrogens is 420 g/mol. The fraction of sp³-hybridized carbons (Fsp3) is 0.167. The second-order valence-corrected chi connectivity index (χ2v) is 7.76. The molecule has 1 heterocycles. The monoisotopic (exact) mass is 439 g/mol. The summed E-state index contributed by atoms with van der Waals surface area (Å²) in [5.74, 6) is -0.154. The lowest BCUT2D eigenvalue weighted by atomic mass is 10.1. The van der Waals surface area contributed by atoms with E-state index in [0.717, 1.165) is 11.3 Å². The fourth-order valence-corrected chi connectivity index (χ4v) is 3.64. The number of nitrogens with zero attached hydrogens (tertiary/aromatic N) is 3. The Bertz CT molecular complexity index is 1100. The summed E-state index contributed by atoms with van der Waals surface area (Å²) < 4.78 is 26.5. The summed E-state index contributed by atoms with van der Waals surface area (Å²) in [6.07, 6.45) is 0.451. The van der Waals surface area contributed by atoms with Gasteiger partial charge in [0, 0.05) is 29.9 Å². The summed E-state index contributed by atoms with van der Waals surface area (Å²) in [5, 5.41) is 0.614. The molecule has 4 nitrogen and oxygen atoms in total.